The minimum atomic E-state index is -0.368. The Kier molecular flexibility index (Phi) is 7.20. The largest absolute Gasteiger partial charge is 0.326 e. The number of amides is 2. The zero-order valence-electron chi connectivity index (χ0n) is 18.8. The van der Waals surface area contributed by atoms with Gasteiger partial charge in [0.05, 0.1) is 5.69 Å². The Bertz CT molecular complexity index is 1200. The van der Waals surface area contributed by atoms with E-state index in [2.05, 4.69) is 29.6 Å². The van der Waals surface area contributed by atoms with Crippen molar-refractivity contribution >= 4 is 23.2 Å². The summed E-state index contributed by atoms with van der Waals surface area (Å²) in [7, 11) is 0. The number of aryl methyl sites for hydroxylation is 1. The number of nitrogens with one attached hydrogen (secondary N) is 2. The van der Waals surface area contributed by atoms with Gasteiger partial charge in [0.25, 0.3) is 5.56 Å². The molecule has 1 aromatic heterocycles. The smallest absolute Gasteiger partial charge is 0.267 e. The standard InChI is InChI=1S/C25H28N4O3/c1-5-23(30)27-22-14-18(11-10-17(22)4)20-12-13-25(32)29(28-20)15-24(31)26-21-9-7-6-8-19(21)16(2)3/h6-14,16H,5,15H2,1-4H3,(H,26,31)(H,27,30). The molecule has 0 spiro atoms. The van der Waals surface area contributed by atoms with Crippen LogP contribution in [-0.2, 0) is 16.1 Å². The van der Waals surface area contributed by atoms with Gasteiger partial charge in [0, 0.05) is 29.4 Å². The van der Waals surface area contributed by atoms with E-state index >= 15 is 0 Å². The van der Waals surface area contributed by atoms with E-state index in [4.69, 9.17) is 0 Å². The van der Waals surface area contributed by atoms with Crippen molar-refractivity contribution in [3.63, 3.8) is 0 Å². The number of carbonyl (C=O) groups excluding carboxylic acids is 2. The topological polar surface area (TPSA) is 93.1 Å². The van der Waals surface area contributed by atoms with Crippen LogP contribution < -0.4 is 16.2 Å². The maximum Gasteiger partial charge on any atom is 0.267 e. The molecule has 7 heteroatoms. The maximum atomic E-state index is 12.7. The monoisotopic (exact) mass is 432 g/mol. The highest BCUT2D eigenvalue weighted by molar-refractivity contribution is 5.92. The van der Waals surface area contributed by atoms with Gasteiger partial charge in [0.15, 0.2) is 0 Å². The zero-order valence-corrected chi connectivity index (χ0v) is 18.8. The second kappa shape index (κ2) is 10.0. The molecule has 2 N–H and O–H groups in total. The second-order valence-electron chi connectivity index (χ2n) is 7.94. The summed E-state index contributed by atoms with van der Waals surface area (Å²) < 4.78 is 1.15. The molecule has 0 unspecified atom stereocenters. The number of carbonyl (C=O) groups is 2. The number of hydrogen-bond donors (Lipinski definition) is 2. The Labute approximate surface area is 187 Å². The van der Waals surface area contributed by atoms with Crippen LogP contribution in [-0.4, -0.2) is 21.6 Å². The van der Waals surface area contributed by atoms with Gasteiger partial charge >= 0.3 is 0 Å². The lowest BCUT2D eigenvalue weighted by Gasteiger charge is -2.14. The van der Waals surface area contributed by atoms with E-state index in [0.717, 1.165) is 27.1 Å². The van der Waals surface area contributed by atoms with E-state index in [9.17, 15) is 14.4 Å². The van der Waals surface area contributed by atoms with Crippen molar-refractivity contribution in [3.05, 3.63) is 76.1 Å². The van der Waals surface area contributed by atoms with Gasteiger partial charge in [-0.3, -0.25) is 14.4 Å². The molecule has 3 aromatic rings. The van der Waals surface area contributed by atoms with Gasteiger partial charge in [-0.1, -0.05) is 51.1 Å². The summed E-state index contributed by atoms with van der Waals surface area (Å²) >= 11 is 0. The number of hydrogen-bond acceptors (Lipinski definition) is 4. The molecule has 0 saturated carbocycles. The lowest BCUT2D eigenvalue weighted by molar-refractivity contribution is -0.117. The maximum absolute atomic E-state index is 12.7. The van der Waals surface area contributed by atoms with Crippen LogP contribution in [0.2, 0.25) is 0 Å². The van der Waals surface area contributed by atoms with E-state index in [1.54, 1.807) is 13.0 Å². The lowest BCUT2D eigenvalue weighted by atomic mass is 10.0. The summed E-state index contributed by atoms with van der Waals surface area (Å²) in [6.45, 7) is 7.60. The number of benzene rings is 2. The van der Waals surface area contributed by atoms with E-state index in [0.29, 0.717) is 17.8 Å². The molecule has 0 radical (unpaired) electrons. The number of anilines is 2. The predicted molar refractivity (Wildman–Crippen MR) is 127 cm³/mol. The minimum absolute atomic E-state index is 0.0819. The normalized spacial score (nSPS) is 10.8. The van der Waals surface area contributed by atoms with Crippen molar-refractivity contribution in [2.45, 2.75) is 46.6 Å². The van der Waals surface area contributed by atoms with Crippen molar-refractivity contribution in [2.75, 3.05) is 10.6 Å². The van der Waals surface area contributed by atoms with Crippen molar-refractivity contribution in [1.82, 2.24) is 9.78 Å². The van der Waals surface area contributed by atoms with Crippen LogP contribution in [0.3, 0.4) is 0 Å². The van der Waals surface area contributed by atoms with Crippen LogP contribution in [0.1, 0.15) is 44.2 Å². The SMILES string of the molecule is CCC(=O)Nc1cc(-c2ccc(=O)n(CC(=O)Nc3ccccc3C(C)C)n2)ccc1C. The fourth-order valence-electron chi connectivity index (χ4n) is 3.31. The minimum Gasteiger partial charge on any atom is -0.326 e. The summed E-state index contributed by atoms with van der Waals surface area (Å²) in [5, 5.41) is 10.1. The van der Waals surface area contributed by atoms with Gasteiger partial charge in [0.2, 0.25) is 11.8 Å². The molecule has 0 aliphatic heterocycles. The Morgan fingerprint density at radius 1 is 0.969 bits per heavy atom. The number of rotatable bonds is 7. The summed E-state index contributed by atoms with van der Waals surface area (Å²) in [6.07, 6.45) is 0.377. The molecule has 166 valence electrons. The zero-order chi connectivity index (χ0) is 23.3. The molecule has 32 heavy (non-hydrogen) atoms. The molecule has 0 fully saturated rings. The summed E-state index contributed by atoms with van der Waals surface area (Å²) in [5.41, 5.74) is 4.27. The fourth-order valence-corrected chi connectivity index (χ4v) is 3.31. The summed E-state index contributed by atoms with van der Waals surface area (Å²) in [4.78, 5) is 36.8. The van der Waals surface area contributed by atoms with Crippen molar-refractivity contribution in [2.24, 2.45) is 0 Å². The van der Waals surface area contributed by atoms with Crippen LogP contribution >= 0.6 is 0 Å². The van der Waals surface area contributed by atoms with Gasteiger partial charge in [-0.2, -0.15) is 5.10 Å². The predicted octanol–water partition coefficient (Wildman–Crippen LogP) is 4.33. The first kappa shape index (κ1) is 22.9. The first-order chi connectivity index (χ1) is 15.3. The highest BCUT2D eigenvalue weighted by Crippen LogP contribution is 2.25. The van der Waals surface area contributed by atoms with Gasteiger partial charge in [0.1, 0.15) is 6.54 Å². The number of nitrogens with zero attached hydrogens (tertiary/aromatic N) is 2. The van der Waals surface area contributed by atoms with E-state index in [-0.39, 0.29) is 29.8 Å². The van der Waals surface area contributed by atoms with E-state index in [1.807, 2.05) is 49.4 Å². The van der Waals surface area contributed by atoms with Gasteiger partial charge in [-0.25, -0.2) is 4.68 Å². The Hall–Kier alpha value is -3.74. The Balaban J connectivity index is 1.84. The average Bonchev–Trinajstić information content (AvgIpc) is 2.77. The van der Waals surface area contributed by atoms with E-state index < -0.39 is 0 Å². The third-order valence-electron chi connectivity index (χ3n) is 5.15. The van der Waals surface area contributed by atoms with Gasteiger partial charge < -0.3 is 10.6 Å². The summed E-state index contributed by atoms with van der Waals surface area (Å²) in [5.74, 6) is -0.161. The molecule has 3 rings (SSSR count). The van der Waals surface area contributed by atoms with Crippen molar-refractivity contribution in [3.8, 4) is 11.3 Å². The first-order valence-electron chi connectivity index (χ1n) is 10.7. The fraction of sp³-hybridized carbons (Fsp3) is 0.280. The van der Waals surface area contributed by atoms with Crippen LogP contribution in [0.4, 0.5) is 11.4 Å². The number of aromatic nitrogens is 2. The molecule has 0 atom stereocenters. The molecule has 1 heterocycles. The first-order valence-corrected chi connectivity index (χ1v) is 10.7. The Morgan fingerprint density at radius 2 is 1.69 bits per heavy atom. The number of para-hydroxylation sites is 1. The quantitative estimate of drug-likeness (QED) is 0.581. The van der Waals surface area contributed by atoms with Crippen LogP contribution in [0.25, 0.3) is 11.3 Å². The lowest BCUT2D eigenvalue weighted by Crippen LogP contribution is -2.29. The van der Waals surface area contributed by atoms with Crippen molar-refractivity contribution < 1.29 is 9.59 Å². The highest BCUT2D eigenvalue weighted by atomic mass is 16.2. The molecule has 0 aliphatic carbocycles. The molecule has 0 aliphatic rings. The average molecular weight is 433 g/mol. The van der Waals surface area contributed by atoms with Crippen LogP contribution in [0, 0.1) is 6.92 Å². The molecule has 7 nitrogen and oxygen atoms in total. The molecule has 0 bridgehead atoms. The van der Waals surface area contributed by atoms with Gasteiger partial charge in [-0.05, 0) is 42.2 Å². The molecule has 0 saturated heterocycles. The van der Waals surface area contributed by atoms with Crippen molar-refractivity contribution in [1.29, 1.82) is 0 Å². The molecule has 2 amide bonds. The molecular weight excluding hydrogens is 404 g/mol. The van der Waals surface area contributed by atoms with Crippen LogP contribution in [0.5, 0.6) is 0 Å². The Morgan fingerprint density at radius 3 is 2.41 bits per heavy atom. The van der Waals surface area contributed by atoms with E-state index in [1.165, 1.54) is 6.07 Å². The summed E-state index contributed by atoms with van der Waals surface area (Å²) in [6, 6.07) is 16.2. The van der Waals surface area contributed by atoms with Crippen LogP contribution in [0.15, 0.2) is 59.4 Å². The highest BCUT2D eigenvalue weighted by Gasteiger charge is 2.13. The van der Waals surface area contributed by atoms with Gasteiger partial charge in [-0.15, -0.1) is 0 Å². The molecule has 2 aromatic carbocycles. The third-order valence-corrected chi connectivity index (χ3v) is 5.15. The second-order valence-corrected chi connectivity index (χ2v) is 7.94. The molecular formula is C25H28N4O3. The third kappa shape index (κ3) is 5.49.